The van der Waals surface area contributed by atoms with E-state index in [4.69, 9.17) is 0 Å². The first-order chi connectivity index (χ1) is 14.7. The number of halogens is 4. The van der Waals surface area contributed by atoms with Crippen LogP contribution in [0.5, 0.6) is 0 Å². The van der Waals surface area contributed by atoms with Gasteiger partial charge >= 0.3 is 0 Å². The Morgan fingerprint density at radius 2 is 0.833 bits per heavy atom. The highest BCUT2D eigenvalue weighted by Gasteiger charge is 2.05. The van der Waals surface area contributed by atoms with Gasteiger partial charge in [-0.3, -0.25) is 0 Å². The lowest BCUT2D eigenvalue weighted by Gasteiger charge is -2.23. The van der Waals surface area contributed by atoms with Crippen LogP contribution in [0.1, 0.15) is 11.1 Å². The fourth-order valence-electron chi connectivity index (χ4n) is 2.89. The predicted octanol–water partition coefficient (Wildman–Crippen LogP) is 6.49. The first-order valence-electron chi connectivity index (χ1n) is 9.72. The van der Waals surface area contributed by atoms with Gasteiger partial charge in [0, 0.05) is 55.3 Å². The molecule has 0 aliphatic rings. The molecule has 0 bridgehead atoms. The number of benzene rings is 2. The smallest absolute Gasteiger partial charge is 0.0568 e. The molecule has 2 rings (SSSR count). The molecule has 0 N–H and O–H groups in total. The van der Waals surface area contributed by atoms with E-state index in [9.17, 15) is 0 Å². The van der Waals surface area contributed by atoms with Crippen molar-refractivity contribution in [3.63, 3.8) is 0 Å². The van der Waals surface area contributed by atoms with Crippen LogP contribution >= 0.6 is 90.4 Å². The van der Waals surface area contributed by atoms with Gasteiger partial charge in [0.2, 0.25) is 0 Å². The van der Waals surface area contributed by atoms with E-state index in [1.54, 1.807) is 12.4 Å². The molecule has 0 aliphatic heterocycles. The molecule has 30 heavy (non-hydrogen) atoms. The summed E-state index contributed by atoms with van der Waals surface area (Å²) in [4.78, 5) is 4.84. The van der Waals surface area contributed by atoms with Crippen molar-refractivity contribution in [3.05, 3.63) is 59.7 Å². The molecule has 0 unspecified atom stereocenters. The first kappa shape index (κ1) is 26.6. The minimum Gasteiger partial charge on any atom is -0.370 e. The van der Waals surface area contributed by atoms with Crippen LogP contribution in [-0.4, -0.2) is 56.3 Å². The lowest BCUT2D eigenvalue weighted by atomic mass is 10.2. The van der Waals surface area contributed by atoms with Gasteiger partial charge in [-0.15, -0.1) is 0 Å². The highest BCUT2D eigenvalue weighted by molar-refractivity contribution is 14.1. The molecule has 0 aromatic heterocycles. The molecule has 0 saturated heterocycles. The van der Waals surface area contributed by atoms with Crippen molar-refractivity contribution < 1.29 is 0 Å². The number of rotatable bonds is 13. The second-order valence-corrected chi connectivity index (χ2v) is 10.7. The van der Waals surface area contributed by atoms with E-state index in [1.165, 1.54) is 11.4 Å². The number of alkyl halides is 4. The summed E-state index contributed by atoms with van der Waals surface area (Å²) in [5, 5.41) is 8.43. The Bertz CT molecular complexity index is 699. The summed E-state index contributed by atoms with van der Waals surface area (Å²) in [5.41, 5.74) is 4.65. The Labute approximate surface area is 234 Å². The topological polar surface area (TPSA) is 31.2 Å². The molecule has 0 radical (unpaired) electrons. The van der Waals surface area contributed by atoms with Crippen LogP contribution in [0.3, 0.4) is 0 Å². The lowest BCUT2D eigenvalue weighted by molar-refractivity contribution is 0.892. The number of hydrogen-bond acceptors (Lipinski definition) is 4. The Morgan fingerprint density at radius 3 is 1.10 bits per heavy atom. The minimum atomic E-state index is 1.06. The monoisotopic (exact) mass is 854 g/mol. The maximum absolute atomic E-state index is 4.22. The molecular weight excluding hydrogens is 828 g/mol. The van der Waals surface area contributed by atoms with Gasteiger partial charge in [-0.2, -0.15) is 10.2 Å². The van der Waals surface area contributed by atoms with Crippen LogP contribution in [0, 0.1) is 0 Å². The zero-order chi connectivity index (χ0) is 21.6. The van der Waals surface area contributed by atoms with Gasteiger partial charge < -0.3 is 9.80 Å². The molecular formula is C22H26I4N4. The van der Waals surface area contributed by atoms with E-state index in [2.05, 4.69) is 159 Å². The maximum Gasteiger partial charge on any atom is 0.0568 e. The van der Waals surface area contributed by atoms with Crippen molar-refractivity contribution in [2.45, 2.75) is 0 Å². The third-order valence-corrected chi connectivity index (χ3v) is 6.34. The Balaban J connectivity index is 1.94. The van der Waals surface area contributed by atoms with Crippen molar-refractivity contribution >= 4 is 114 Å². The van der Waals surface area contributed by atoms with Gasteiger partial charge in [0.05, 0.1) is 12.4 Å². The Hall–Kier alpha value is 0.300. The second-order valence-electron chi connectivity index (χ2n) is 6.40. The fourth-order valence-corrected chi connectivity index (χ4v) is 5.22. The number of nitrogens with zero attached hydrogens (tertiary/aromatic N) is 4. The largest absolute Gasteiger partial charge is 0.370 e. The molecule has 0 spiro atoms. The van der Waals surface area contributed by atoms with E-state index in [-0.39, 0.29) is 0 Å². The van der Waals surface area contributed by atoms with Crippen molar-refractivity contribution in [2.75, 3.05) is 53.7 Å². The van der Waals surface area contributed by atoms with Crippen LogP contribution < -0.4 is 9.80 Å². The van der Waals surface area contributed by atoms with E-state index in [0.717, 1.165) is 55.0 Å². The summed E-state index contributed by atoms with van der Waals surface area (Å²) in [5.74, 6) is 0. The highest BCUT2D eigenvalue weighted by Crippen LogP contribution is 2.16. The maximum atomic E-state index is 4.22. The quantitative estimate of drug-likeness (QED) is 0.100. The van der Waals surface area contributed by atoms with Gasteiger partial charge in [-0.1, -0.05) is 115 Å². The van der Waals surface area contributed by atoms with Crippen LogP contribution in [0.4, 0.5) is 11.4 Å². The Kier molecular flexibility index (Phi) is 14.2. The Morgan fingerprint density at radius 1 is 0.533 bits per heavy atom. The van der Waals surface area contributed by atoms with Gasteiger partial charge in [-0.25, -0.2) is 0 Å². The van der Waals surface area contributed by atoms with E-state index in [0.29, 0.717) is 0 Å². The molecule has 0 heterocycles. The average Bonchev–Trinajstić information content (AvgIpc) is 2.77. The molecule has 0 aliphatic carbocycles. The van der Waals surface area contributed by atoms with Gasteiger partial charge in [0.1, 0.15) is 0 Å². The molecule has 0 atom stereocenters. The van der Waals surface area contributed by atoms with E-state index < -0.39 is 0 Å². The zero-order valence-corrected chi connectivity index (χ0v) is 25.4. The molecule has 4 nitrogen and oxygen atoms in total. The molecule has 2 aromatic rings. The van der Waals surface area contributed by atoms with Crippen molar-refractivity contribution in [3.8, 4) is 0 Å². The minimum absolute atomic E-state index is 1.06. The number of hydrogen-bond donors (Lipinski definition) is 0. The van der Waals surface area contributed by atoms with Crippen molar-refractivity contribution in [1.29, 1.82) is 0 Å². The standard InChI is InChI=1S/C22H26I4N4/c23-9-13-29(14-10-24)21-5-1-19(2-6-21)17-27-28-18-20-3-7-22(8-4-20)30(15-11-25)16-12-26/h1-8,17-18H,9-16H2/b27-17+,28-18+. The molecule has 0 fully saturated rings. The van der Waals surface area contributed by atoms with E-state index in [1.807, 2.05) is 0 Å². The normalized spacial score (nSPS) is 11.5. The van der Waals surface area contributed by atoms with Crippen molar-refractivity contribution in [2.24, 2.45) is 10.2 Å². The summed E-state index contributed by atoms with van der Waals surface area (Å²) in [6.45, 7) is 4.31. The average molecular weight is 854 g/mol. The molecule has 162 valence electrons. The first-order valence-corrected chi connectivity index (χ1v) is 15.8. The molecule has 0 saturated carbocycles. The summed E-state index contributed by atoms with van der Waals surface area (Å²) in [6, 6.07) is 17.1. The fraction of sp³-hybridized carbons (Fsp3) is 0.364. The van der Waals surface area contributed by atoms with E-state index >= 15 is 0 Å². The lowest BCUT2D eigenvalue weighted by Crippen LogP contribution is -2.27. The van der Waals surface area contributed by atoms with Crippen LogP contribution in [0.2, 0.25) is 0 Å². The highest BCUT2D eigenvalue weighted by atomic mass is 127. The van der Waals surface area contributed by atoms with Crippen LogP contribution in [0.25, 0.3) is 0 Å². The second kappa shape index (κ2) is 16.0. The molecule has 2 aromatic carbocycles. The van der Waals surface area contributed by atoms with Crippen LogP contribution in [0.15, 0.2) is 58.7 Å². The van der Waals surface area contributed by atoms with Gasteiger partial charge in [-0.05, 0) is 35.4 Å². The summed E-state index contributed by atoms with van der Waals surface area (Å²) in [7, 11) is 0. The van der Waals surface area contributed by atoms with Gasteiger partial charge in [0.15, 0.2) is 0 Å². The van der Waals surface area contributed by atoms with Gasteiger partial charge in [0.25, 0.3) is 0 Å². The SMILES string of the molecule is ICCN(CCI)c1ccc(/C=N/N=C/c2ccc(N(CCI)CCI)cc2)cc1. The molecule has 8 heteroatoms. The molecule has 0 amide bonds. The predicted molar refractivity (Wildman–Crippen MR) is 168 cm³/mol. The third kappa shape index (κ3) is 9.43. The van der Waals surface area contributed by atoms with Crippen molar-refractivity contribution in [1.82, 2.24) is 0 Å². The van der Waals surface area contributed by atoms with Crippen LogP contribution in [-0.2, 0) is 0 Å². The number of anilines is 2. The summed E-state index contributed by atoms with van der Waals surface area (Å²) < 4.78 is 4.51. The summed E-state index contributed by atoms with van der Waals surface area (Å²) >= 11 is 9.72. The zero-order valence-electron chi connectivity index (χ0n) is 16.7. The third-order valence-electron chi connectivity index (χ3n) is 4.41. The summed E-state index contributed by atoms with van der Waals surface area (Å²) in [6.07, 6.45) is 3.61.